The van der Waals surface area contributed by atoms with Crippen LogP contribution in [-0.2, 0) is 4.74 Å². The van der Waals surface area contributed by atoms with Crippen molar-refractivity contribution in [3.05, 3.63) is 58.4 Å². The molecular formula is C20H24N2O3. The highest BCUT2D eigenvalue weighted by atomic mass is 16.5. The van der Waals surface area contributed by atoms with Gasteiger partial charge in [-0.15, -0.1) is 0 Å². The van der Waals surface area contributed by atoms with Crippen LogP contribution in [0, 0.1) is 13.8 Å². The number of esters is 1. The Morgan fingerprint density at radius 2 is 1.80 bits per heavy atom. The third-order valence-corrected chi connectivity index (χ3v) is 4.00. The lowest BCUT2D eigenvalue weighted by molar-refractivity contribution is 0.0519. The average molecular weight is 340 g/mol. The summed E-state index contributed by atoms with van der Waals surface area (Å²) in [5.41, 5.74) is 4.18. The second-order valence-electron chi connectivity index (χ2n) is 6.03. The van der Waals surface area contributed by atoms with Gasteiger partial charge in [-0.25, -0.2) is 4.79 Å². The Morgan fingerprint density at radius 1 is 1.16 bits per heavy atom. The summed E-state index contributed by atoms with van der Waals surface area (Å²) in [7, 11) is 3.96. The summed E-state index contributed by atoms with van der Waals surface area (Å²) in [5.74, 6) is -0.580. The van der Waals surface area contributed by atoms with Gasteiger partial charge in [-0.3, -0.25) is 4.79 Å². The topological polar surface area (TPSA) is 62.4 Å². The molecule has 0 bridgehead atoms. The molecule has 0 aliphatic heterocycles. The minimum absolute atomic E-state index is 0.140. The summed E-state index contributed by atoms with van der Waals surface area (Å²) in [6, 6.07) is 7.91. The highest BCUT2D eigenvalue weighted by Gasteiger charge is 2.21. The lowest BCUT2D eigenvalue weighted by Crippen LogP contribution is -2.07. The van der Waals surface area contributed by atoms with Gasteiger partial charge in [0.15, 0.2) is 5.78 Å². The number of H-pyrrole nitrogens is 1. The Kier molecular flexibility index (Phi) is 5.80. The van der Waals surface area contributed by atoms with Crippen LogP contribution < -0.4 is 4.90 Å². The van der Waals surface area contributed by atoms with Crippen LogP contribution in [-0.4, -0.2) is 37.4 Å². The smallest absolute Gasteiger partial charge is 0.355 e. The molecule has 0 aliphatic carbocycles. The van der Waals surface area contributed by atoms with Crippen molar-refractivity contribution >= 4 is 23.5 Å². The van der Waals surface area contributed by atoms with E-state index in [1.807, 2.05) is 43.3 Å². The fraction of sp³-hybridized carbons (Fsp3) is 0.300. The first-order valence-corrected chi connectivity index (χ1v) is 8.21. The third kappa shape index (κ3) is 4.18. The van der Waals surface area contributed by atoms with Crippen LogP contribution in [0.4, 0.5) is 5.69 Å². The van der Waals surface area contributed by atoms with E-state index in [-0.39, 0.29) is 5.78 Å². The molecule has 0 fully saturated rings. The predicted molar refractivity (Wildman–Crippen MR) is 100 cm³/mol. The predicted octanol–water partition coefficient (Wildman–Crippen LogP) is 3.77. The molecule has 5 nitrogen and oxygen atoms in total. The highest BCUT2D eigenvalue weighted by molar-refractivity contribution is 6.10. The van der Waals surface area contributed by atoms with E-state index in [9.17, 15) is 9.59 Å². The quantitative estimate of drug-likeness (QED) is 0.494. The van der Waals surface area contributed by atoms with Crippen molar-refractivity contribution in [1.29, 1.82) is 0 Å². The lowest BCUT2D eigenvalue weighted by Gasteiger charge is -2.11. The molecule has 0 unspecified atom stereocenters. The number of benzene rings is 1. The number of aromatic amines is 1. The number of anilines is 1. The molecule has 0 spiro atoms. The van der Waals surface area contributed by atoms with Crippen molar-refractivity contribution in [1.82, 2.24) is 4.98 Å². The van der Waals surface area contributed by atoms with E-state index in [0.29, 0.717) is 29.1 Å². The molecule has 1 heterocycles. The minimum atomic E-state index is -0.439. The average Bonchev–Trinajstić information content (AvgIpc) is 2.88. The molecular weight excluding hydrogens is 316 g/mol. The molecule has 0 radical (unpaired) electrons. The number of nitrogens with zero attached hydrogens (tertiary/aromatic N) is 1. The lowest BCUT2D eigenvalue weighted by atomic mass is 10.0. The molecule has 1 N–H and O–H groups in total. The maximum absolute atomic E-state index is 12.6. The fourth-order valence-corrected chi connectivity index (χ4v) is 2.67. The first-order chi connectivity index (χ1) is 11.8. The number of allylic oxidation sites excluding steroid dienone is 1. The molecule has 0 amide bonds. The van der Waals surface area contributed by atoms with Gasteiger partial charge >= 0.3 is 5.97 Å². The molecule has 25 heavy (non-hydrogen) atoms. The van der Waals surface area contributed by atoms with Gasteiger partial charge in [0, 0.05) is 31.0 Å². The van der Waals surface area contributed by atoms with Crippen LogP contribution in [0.25, 0.3) is 6.08 Å². The van der Waals surface area contributed by atoms with Crippen LogP contribution in [0.15, 0.2) is 30.3 Å². The molecule has 132 valence electrons. The molecule has 1 aromatic heterocycles. The fourth-order valence-electron chi connectivity index (χ4n) is 2.67. The molecule has 2 aromatic rings. The van der Waals surface area contributed by atoms with Gasteiger partial charge < -0.3 is 14.6 Å². The molecule has 1 aromatic carbocycles. The molecule has 0 atom stereocenters. The van der Waals surface area contributed by atoms with Gasteiger partial charge in [0.25, 0.3) is 0 Å². The zero-order valence-electron chi connectivity index (χ0n) is 15.3. The molecule has 5 heteroatoms. The van der Waals surface area contributed by atoms with Crippen molar-refractivity contribution in [3.63, 3.8) is 0 Å². The number of hydrogen-bond acceptors (Lipinski definition) is 4. The highest BCUT2D eigenvalue weighted by Crippen LogP contribution is 2.20. The minimum Gasteiger partial charge on any atom is -0.461 e. The molecule has 0 aliphatic rings. The van der Waals surface area contributed by atoms with Crippen LogP contribution in [0.2, 0.25) is 0 Å². The summed E-state index contributed by atoms with van der Waals surface area (Å²) in [6.45, 7) is 5.58. The summed E-state index contributed by atoms with van der Waals surface area (Å²) < 4.78 is 5.01. The van der Waals surface area contributed by atoms with Crippen LogP contribution in [0.1, 0.15) is 44.6 Å². The van der Waals surface area contributed by atoms with E-state index >= 15 is 0 Å². The number of ketones is 1. The molecule has 0 saturated carbocycles. The van der Waals surface area contributed by atoms with Gasteiger partial charge in [-0.1, -0.05) is 18.2 Å². The van der Waals surface area contributed by atoms with Gasteiger partial charge in [0.2, 0.25) is 0 Å². The summed E-state index contributed by atoms with van der Waals surface area (Å²) >= 11 is 0. The van der Waals surface area contributed by atoms with Crippen LogP contribution >= 0.6 is 0 Å². The zero-order chi connectivity index (χ0) is 18.6. The van der Waals surface area contributed by atoms with E-state index in [2.05, 4.69) is 4.98 Å². The maximum Gasteiger partial charge on any atom is 0.355 e. The van der Waals surface area contributed by atoms with E-state index < -0.39 is 5.97 Å². The van der Waals surface area contributed by atoms with E-state index in [4.69, 9.17) is 4.74 Å². The zero-order valence-corrected chi connectivity index (χ0v) is 15.3. The van der Waals surface area contributed by atoms with Crippen molar-refractivity contribution in [2.24, 2.45) is 0 Å². The van der Waals surface area contributed by atoms with Crippen molar-refractivity contribution in [2.45, 2.75) is 20.8 Å². The Balaban J connectivity index is 2.22. The second-order valence-corrected chi connectivity index (χ2v) is 6.03. The Morgan fingerprint density at radius 3 is 2.36 bits per heavy atom. The normalized spacial score (nSPS) is 10.9. The van der Waals surface area contributed by atoms with Gasteiger partial charge in [0.05, 0.1) is 6.61 Å². The number of ether oxygens (including phenoxy) is 1. The third-order valence-electron chi connectivity index (χ3n) is 4.00. The SMILES string of the molecule is CCOC(=O)c1[nH]c(C)c(C(=O)/C=C/c2ccc(N(C)C)cc2)c1C. The maximum atomic E-state index is 12.6. The second kappa shape index (κ2) is 7.83. The summed E-state index contributed by atoms with van der Waals surface area (Å²) in [4.78, 5) is 29.5. The van der Waals surface area contributed by atoms with Gasteiger partial charge in [-0.2, -0.15) is 0 Å². The number of carbonyl (C=O) groups is 2. The summed E-state index contributed by atoms with van der Waals surface area (Å²) in [5, 5.41) is 0. The largest absolute Gasteiger partial charge is 0.461 e. The summed E-state index contributed by atoms with van der Waals surface area (Å²) in [6.07, 6.45) is 3.31. The number of aromatic nitrogens is 1. The van der Waals surface area contributed by atoms with Gasteiger partial charge in [0.1, 0.15) is 5.69 Å². The first kappa shape index (κ1) is 18.5. The van der Waals surface area contributed by atoms with E-state index in [1.54, 1.807) is 26.8 Å². The van der Waals surface area contributed by atoms with Crippen molar-refractivity contribution in [2.75, 3.05) is 25.6 Å². The van der Waals surface area contributed by atoms with E-state index in [0.717, 1.165) is 11.3 Å². The van der Waals surface area contributed by atoms with Crippen LogP contribution in [0.3, 0.4) is 0 Å². The van der Waals surface area contributed by atoms with Gasteiger partial charge in [-0.05, 0) is 50.1 Å². The Bertz CT molecular complexity index is 799. The van der Waals surface area contributed by atoms with E-state index in [1.165, 1.54) is 6.08 Å². The van der Waals surface area contributed by atoms with Crippen molar-refractivity contribution < 1.29 is 14.3 Å². The van der Waals surface area contributed by atoms with Crippen molar-refractivity contribution in [3.8, 4) is 0 Å². The first-order valence-electron chi connectivity index (χ1n) is 8.21. The Hall–Kier alpha value is -2.82. The number of hydrogen-bond donors (Lipinski definition) is 1. The number of carbonyl (C=O) groups excluding carboxylic acids is 2. The molecule has 0 saturated heterocycles. The molecule has 2 rings (SSSR count). The number of rotatable bonds is 6. The Labute approximate surface area is 148 Å². The standard InChI is InChI=1S/C20H24N2O3/c1-6-25-20(24)19-13(2)18(14(3)21-19)17(23)12-9-15-7-10-16(11-8-15)22(4)5/h7-12,21H,6H2,1-5H3/b12-9+. The van der Waals surface area contributed by atoms with Crippen LogP contribution in [0.5, 0.6) is 0 Å². The monoisotopic (exact) mass is 340 g/mol. The number of aryl methyl sites for hydroxylation is 1. The number of nitrogens with one attached hydrogen (secondary N) is 1.